The number of amides is 1. The van der Waals surface area contributed by atoms with Crippen LogP contribution in [0.2, 0.25) is 0 Å². The highest BCUT2D eigenvalue weighted by atomic mass is 16.5. The number of allylic oxidation sites excluding steroid dienone is 2. The molecule has 0 aromatic rings. The van der Waals surface area contributed by atoms with Crippen LogP contribution in [0.4, 0.5) is 0 Å². The van der Waals surface area contributed by atoms with E-state index >= 15 is 0 Å². The molecule has 0 heterocycles. The quantitative estimate of drug-likeness (QED) is 0.414. The fraction of sp³-hybridized carbons (Fsp3) is 0.769. The molecule has 1 saturated carbocycles. The maximum Gasteiger partial charge on any atom is 0.243 e. The molecule has 0 bridgehead atoms. The first-order chi connectivity index (χ1) is 7.63. The monoisotopic (exact) mass is 225 g/mol. The predicted molar refractivity (Wildman–Crippen MR) is 64.0 cm³/mol. The predicted octanol–water partition coefficient (Wildman–Crippen LogP) is 3.04. The smallest absolute Gasteiger partial charge is 0.243 e. The summed E-state index contributed by atoms with van der Waals surface area (Å²) < 4.78 is 0. The van der Waals surface area contributed by atoms with Crippen LogP contribution < -0.4 is 5.48 Å². The molecule has 0 aromatic heterocycles. The number of hydrogen-bond donors (Lipinski definition) is 2. The van der Waals surface area contributed by atoms with Gasteiger partial charge in [-0.2, -0.15) is 0 Å². The fourth-order valence-corrected chi connectivity index (χ4v) is 2.09. The standard InChI is InChI=1S/C13H23NO2/c1-10(9-13(15)14-16)5-3-6-11(2)12-7-4-8-12/h6,10,12,16H,3-5,7-9H2,1-2H3,(H,14,15)/b11-6+. The largest absolute Gasteiger partial charge is 0.289 e. The molecule has 0 aliphatic heterocycles. The van der Waals surface area contributed by atoms with E-state index in [2.05, 4.69) is 13.0 Å². The van der Waals surface area contributed by atoms with E-state index in [1.54, 1.807) is 5.48 Å². The summed E-state index contributed by atoms with van der Waals surface area (Å²) in [6, 6.07) is 0. The second kappa shape index (κ2) is 6.69. The number of rotatable bonds is 6. The van der Waals surface area contributed by atoms with Crippen molar-refractivity contribution in [2.75, 3.05) is 0 Å². The van der Waals surface area contributed by atoms with Crippen molar-refractivity contribution < 1.29 is 10.0 Å². The Labute approximate surface area is 97.9 Å². The zero-order valence-corrected chi connectivity index (χ0v) is 10.3. The molecule has 1 fully saturated rings. The minimum atomic E-state index is -0.285. The van der Waals surface area contributed by atoms with Crippen LogP contribution in [0.3, 0.4) is 0 Å². The Balaban J connectivity index is 2.15. The highest BCUT2D eigenvalue weighted by molar-refractivity contribution is 5.74. The van der Waals surface area contributed by atoms with Gasteiger partial charge in [-0.25, -0.2) is 5.48 Å². The summed E-state index contributed by atoms with van der Waals surface area (Å²) in [5.41, 5.74) is 3.20. The molecule has 1 atom stereocenters. The van der Waals surface area contributed by atoms with Crippen molar-refractivity contribution >= 4 is 5.91 Å². The first-order valence-corrected chi connectivity index (χ1v) is 6.23. The Morgan fingerprint density at radius 2 is 2.25 bits per heavy atom. The number of hydroxylamine groups is 1. The van der Waals surface area contributed by atoms with Gasteiger partial charge in [0.15, 0.2) is 0 Å². The van der Waals surface area contributed by atoms with E-state index in [-0.39, 0.29) is 5.91 Å². The Morgan fingerprint density at radius 1 is 1.56 bits per heavy atom. The van der Waals surface area contributed by atoms with Gasteiger partial charge >= 0.3 is 0 Å². The van der Waals surface area contributed by atoms with Gasteiger partial charge in [0.1, 0.15) is 0 Å². The molecule has 0 spiro atoms. The summed E-state index contributed by atoms with van der Waals surface area (Å²) in [6.45, 7) is 4.26. The average molecular weight is 225 g/mol. The first kappa shape index (κ1) is 13.2. The molecule has 1 amide bonds. The van der Waals surface area contributed by atoms with E-state index in [9.17, 15) is 4.79 Å². The van der Waals surface area contributed by atoms with Crippen LogP contribution in [0, 0.1) is 11.8 Å². The first-order valence-electron chi connectivity index (χ1n) is 6.23. The highest BCUT2D eigenvalue weighted by Crippen LogP contribution is 2.33. The maximum atomic E-state index is 10.9. The van der Waals surface area contributed by atoms with Gasteiger partial charge in [-0.3, -0.25) is 10.0 Å². The van der Waals surface area contributed by atoms with Gasteiger partial charge in [-0.15, -0.1) is 0 Å². The minimum absolute atomic E-state index is 0.285. The van der Waals surface area contributed by atoms with Crippen LogP contribution in [-0.4, -0.2) is 11.1 Å². The van der Waals surface area contributed by atoms with Crippen molar-refractivity contribution in [1.82, 2.24) is 5.48 Å². The summed E-state index contributed by atoms with van der Waals surface area (Å²) in [6.07, 6.45) is 8.86. The van der Waals surface area contributed by atoms with Crippen LogP contribution in [0.25, 0.3) is 0 Å². The Bertz CT molecular complexity index is 257. The van der Waals surface area contributed by atoms with E-state index in [0.29, 0.717) is 12.3 Å². The number of carbonyl (C=O) groups is 1. The number of carbonyl (C=O) groups excluding carboxylic acids is 1. The summed E-state index contributed by atoms with van der Waals surface area (Å²) in [7, 11) is 0. The lowest BCUT2D eigenvalue weighted by atomic mass is 9.80. The molecule has 0 saturated heterocycles. The topological polar surface area (TPSA) is 49.3 Å². The van der Waals surface area contributed by atoms with Crippen molar-refractivity contribution in [3.8, 4) is 0 Å². The lowest BCUT2D eigenvalue weighted by Crippen LogP contribution is -2.20. The Morgan fingerprint density at radius 3 is 2.75 bits per heavy atom. The lowest BCUT2D eigenvalue weighted by molar-refractivity contribution is -0.130. The normalized spacial score (nSPS) is 19.1. The molecule has 0 aromatic carbocycles. The molecule has 16 heavy (non-hydrogen) atoms. The second-order valence-corrected chi connectivity index (χ2v) is 5.00. The van der Waals surface area contributed by atoms with Gasteiger partial charge in [0.25, 0.3) is 0 Å². The van der Waals surface area contributed by atoms with Crippen LogP contribution >= 0.6 is 0 Å². The maximum absolute atomic E-state index is 10.9. The molecular weight excluding hydrogens is 202 g/mol. The van der Waals surface area contributed by atoms with Crippen molar-refractivity contribution in [1.29, 1.82) is 0 Å². The van der Waals surface area contributed by atoms with E-state index in [4.69, 9.17) is 5.21 Å². The summed E-state index contributed by atoms with van der Waals surface area (Å²) >= 11 is 0. The number of nitrogens with one attached hydrogen (secondary N) is 1. The third kappa shape index (κ3) is 4.35. The van der Waals surface area contributed by atoms with Crippen molar-refractivity contribution in [3.05, 3.63) is 11.6 Å². The van der Waals surface area contributed by atoms with Gasteiger partial charge in [-0.1, -0.05) is 25.0 Å². The van der Waals surface area contributed by atoms with Crippen LogP contribution in [0.15, 0.2) is 11.6 Å². The molecule has 92 valence electrons. The molecule has 1 unspecified atom stereocenters. The Hall–Kier alpha value is -0.830. The van der Waals surface area contributed by atoms with Gasteiger partial charge in [0.05, 0.1) is 0 Å². The second-order valence-electron chi connectivity index (χ2n) is 5.00. The zero-order valence-electron chi connectivity index (χ0n) is 10.3. The molecule has 1 rings (SSSR count). The van der Waals surface area contributed by atoms with Gasteiger partial charge < -0.3 is 0 Å². The van der Waals surface area contributed by atoms with E-state index in [1.165, 1.54) is 24.8 Å². The summed E-state index contributed by atoms with van der Waals surface area (Å²) in [4.78, 5) is 10.9. The van der Waals surface area contributed by atoms with Crippen molar-refractivity contribution in [2.45, 2.75) is 52.4 Å². The van der Waals surface area contributed by atoms with Crippen molar-refractivity contribution in [3.63, 3.8) is 0 Å². The zero-order chi connectivity index (χ0) is 12.0. The molecule has 1 aliphatic rings. The summed E-state index contributed by atoms with van der Waals surface area (Å²) in [5, 5.41) is 8.40. The molecule has 3 heteroatoms. The van der Waals surface area contributed by atoms with Crippen LogP contribution in [-0.2, 0) is 4.79 Å². The molecule has 3 nitrogen and oxygen atoms in total. The SMILES string of the molecule is C/C(=C\CCC(C)CC(=O)NO)C1CCC1. The van der Waals surface area contributed by atoms with Crippen LogP contribution in [0.1, 0.15) is 52.4 Å². The molecular formula is C13H23NO2. The molecule has 2 N–H and O–H groups in total. The van der Waals surface area contributed by atoms with Gasteiger partial charge in [0, 0.05) is 6.42 Å². The average Bonchev–Trinajstić information content (AvgIpc) is 2.14. The number of hydrogen-bond acceptors (Lipinski definition) is 2. The fourth-order valence-electron chi connectivity index (χ4n) is 2.09. The molecule has 1 aliphatic carbocycles. The minimum Gasteiger partial charge on any atom is -0.289 e. The third-order valence-electron chi connectivity index (χ3n) is 3.53. The Kier molecular flexibility index (Phi) is 5.53. The van der Waals surface area contributed by atoms with Gasteiger partial charge in [-0.05, 0) is 44.4 Å². The van der Waals surface area contributed by atoms with Crippen molar-refractivity contribution in [2.24, 2.45) is 11.8 Å². The summed E-state index contributed by atoms with van der Waals surface area (Å²) in [5.74, 6) is 0.876. The molecule has 0 radical (unpaired) electrons. The van der Waals surface area contributed by atoms with E-state index in [0.717, 1.165) is 18.8 Å². The van der Waals surface area contributed by atoms with E-state index in [1.807, 2.05) is 6.92 Å². The van der Waals surface area contributed by atoms with Crippen LogP contribution in [0.5, 0.6) is 0 Å². The highest BCUT2D eigenvalue weighted by Gasteiger charge is 2.18. The lowest BCUT2D eigenvalue weighted by Gasteiger charge is -2.26. The third-order valence-corrected chi connectivity index (χ3v) is 3.53. The van der Waals surface area contributed by atoms with Gasteiger partial charge in [0.2, 0.25) is 5.91 Å². The van der Waals surface area contributed by atoms with E-state index < -0.39 is 0 Å².